The maximum Gasteiger partial charge on any atom is 0.153 e. The van der Waals surface area contributed by atoms with Gasteiger partial charge in [0.05, 0.1) is 18.2 Å². The first-order chi connectivity index (χ1) is 4.84. The fourth-order valence-corrected chi connectivity index (χ4v) is 0.576. The highest BCUT2D eigenvalue weighted by atomic mass is 19.1. The Bertz CT molecular complexity index is 265. The van der Waals surface area contributed by atoms with Gasteiger partial charge in [0.2, 0.25) is 0 Å². The summed E-state index contributed by atoms with van der Waals surface area (Å²) in [6.45, 7) is 0. The summed E-state index contributed by atoms with van der Waals surface area (Å²) in [5.41, 5.74) is 0.157. The van der Waals surface area contributed by atoms with Crippen molar-refractivity contribution in [2.45, 2.75) is 6.42 Å². The number of nitriles is 1. The third kappa shape index (κ3) is 1.29. The molecule has 49 valence electrons. The molecule has 0 aliphatic rings. The van der Waals surface area contributed by atoms with Crippen LogP contribution in [0.25, 0.3) is 0 Å². The van der Waals surface area contributed by atoms with Crippen molar-refractivity contribution in [2.24, 2.45) is 0 Å². The lowest BCUT2D eigenvalue weighted by Gasteiger charge is -1.91. The zero-order chi connectivity index (χ0) is 7.40. The van der Waals surface area contributed by atoms with Gasteiger partial charge in [0.15, 0.2) is 5.82 Å². The molecule has 1 rings (SSSR count). The van der Waals surface area contributed by atoms with E-state index in [0.717, 1.165) is 0 Å². The fourth-order valence-electron chi connectivity index (χ4n) is 0.576. The predicted octanol–water partition coefficient (Wildman–Crippen LogP) is 1.09. The molecule has 0 spiro atoms. The Morgan fingerprint density at radius 1 is 1.80 bits per heavy atom. The molecule has 0 fully saturated rings. The number of rotatable bonds is 1. The summed E-state index contributed by atoms with van der Waals surface area (Å²) in [6, 6.07) is 5.48. The van der Waals surface area contributed by atoms with Crippen LogP contribution in [0, 0.1) is 23.2 Å². The van der Waals surface area contributed by atoms with E-state index in [-0.39, 0.29) is 12.1 Å². The van der Waals surface area contributed by atoms with Crippen molar-refractivity contribution in [2.75, 3.05) is 0 Å². The van der Waals surface area contributed by atoms with Crippen molar-refractivity contribution in [3.63, 3.8) is 0 Å². The molecule has 0 amide bonds. The molecule has 0 aliphatic heterocycles. The van der Waals surface area contributed by atoms with Gasteiger partial charge in [0, 0.05) is 12.3 Å². The van der Waals surface area contributed by atoms with E-state index in [1.807, 2.05) is 0 Å². The lowest BCUT2D eigenvalue weighted by molar-refractivity contribution is 0.603. The molecule has 10 heavy (non-hydrogen) atoms. The van der Waals surface area contributed by atoms with Crippen LogP contribution >= 0.6 is 0 Å². The summed E-state index contributed by atoms with van der Waals surface area (Å²) in [5, 5.41) is 8.17. The molecule has 0 aromatic carbocycles. The molecule has 1 radical (unpaired) electrons. The van der Waals surface area contributed by atoms with Crippen LogP contribution < -0.4 is 0 Å². The second-order valence-electron chi connectivity index (χ2n) is 1.68. The summed E-state index contributed by atoms with van der Waals surface area (Å²) in [7, 11) is 0. The van der Waals surface area contributed by atoms with Gasteiger partial charge in [-0.15, -0.1) is 0 Å². The molecule has 1 heterocycles. The van der Waals surface area contributed by atoms with Crippen LogP contribution in [-0.2, 0) is 6.42 Å². The number of nitrogens with zero attached hydrogens (tertiary/aromatic N) is 2. The fraction of sp³-hybridized carbons (Fsp3) is 0.143. The van der Waals surface area contributed by atoms with Gasteiger partial charge in [0.25, 0.3) is 0 Å². The number of halogens is 1. The number of aromatic nitrogens is 1. The van der Waals surface area contributed by atoms with Crippen molar-refractivity contribution in [3.05, 3.63) is 29.8 Å². The van der Waals surface area contributed by atoms with Crippen LogP contribution in [0.5, 0.6) is 0 Å². The van der Waals surface area contributed by atoms with E-state index < -0.39 is 5.82 Å². The maximum atomic E-state index is 12.5. The van der Waals surface area contributed by atoms with Gasteiger partial charge in [-0.2, -0.15) is 5.26 Å². The van der Waals surface area contributed by atoms with Crippen LogP contribution in [-0.4, -0.2) is 4.98 Å². The van der Waals surface area contributed by atoms with Gasteiger partial charge in [-0.05, 0) is 6.07 Å². The number of pyridine rings is 1. The van der Waals surface area contributed by atoms with Crippen LogP contribution in [0.4, 0.5) is 4.39 Å². The van der Waals surface area contributed by atoms with Gasteiger partial charge < -0.3 is 0 Å². The van der Waals surface area contributed by atoms with E-state index in [0.29, 0.717) is 0 Å². The summed E-state index contributed by atoms with van der Waals surface area (Å²) in [5.74, 6) is -0.538. The molecular weight excluding hydrogens is 131 g/mol. The molecule has 0 saturated carbocycles. The summed E-state index contributed by atoms with van der Waals surface area (Å²) >= 11 is 0. The van der Waals surface area contributed by atoms with Crippen molar-refractivity contribution < 1.29 is 4.39 Å². The van der Waals surface area contributed by atoms with E-state index in [4.69, 9.17) is 5.26 Å². The quantitative estimate of drug-likeness (QED) is 0.577. The van der Waals surface area contributed by atoms with E-state index in [1.54, 1.807) is 6.07 Å². The summed E-state index contributed by atoms with van der Waals surface area (Å²) < 4.78 is 12.5. The molecule has 1 aromatic heterocycles. The van der Waals surface area contributed by atoms with E-state index in [2.05, 4.69) is 11.1 Å². The zero-order valence-corrected chi connectivity index (χ0v) is 5.13. The SMILES string of the molecule is N#CCc1ncc[c]c1F. The minimum absolute atomic E-state index is 0.00315. The topological polar surface area (TPSA) is 36.7 Å². The second kappa shape index (κ2) is 2.92. The van der Waals surface area contributed by atoms with Crippen LogP contribution in [0.2, 0.25) is 0 Å². The average molecular weight is 135 g/mol. The minimum atomic E-state index is -0.538. The highest BCUT2D eigenvalue weighted by Gasteiger charge is 1.99. The average Bonchev–Trinajstić information content (AvgIpc) is 1.94. The molecule has 2 nitrogen and oxygen atoms in total. The largest absolute Gasteiger partial charge is 0.257 e. The molecule has 1 aromatic rings. The highest BCUT2D eigenvalue weighted by molar-refractivity contribution is 5.09. The van der Waals surface area contributed by atoms with Crippen LogP contribution in [0.1, 0.15) is 5.69 Å². The normalized spacial score (nSPS) is 8.80. The number of hydrogen-bond donors (Lipinski definition) is 0. The third-order valence-corrected chi connectivity index (χ3v) is 1.01. The highest BCUT2D eigenvalue weighted by Crippen LogP contribution is 2.00. The van der Waals surface area contributed by atoms with Crippen molar-refractivity contribution in [1.82, 2.24) is 4.98 Å². The maximum absolute atomic E-state index is 12.5. The first kappa shape index (κ1) is 6.69. The Hall–Kier alpha value is -1.43. The molecular formula is C7H4FN2. The first-order valence-corrected chi connectivity index (χ1v) is 2.72. The van der Waals surface area contributed by atoms with Crippen LogP contribution in [0.15, 0.2) is 12.3 Å². The standard InChI is InChI=1S/C7H4FN2/c8-6-2-1-5-10-7(6)3-4-9/h1,5H,3H2. The van der Waals surface area contributed by atoms with Gasteiger partial charge in [-0.3, -0.25) is 4.98 Å². The number of hydrogen-bond acceptors (Lipinski definition) is 2. The molecule has 0 aliphatic carbocycles. The Kier molecular flexibility index (Phi) is 1.96. The van der Waals surface area contributed by atoms with E-state index in [9.17, 15) is 4.39 Å². The Balaban J connectivity index is 2.94. The first-order valence-electron chi connectivity index (χ1n) is 2.72. The second-order valence-corrected chi connectivity index (χ2v) is 1.68. The van der Waals surface area contributed by atoms with Gasteiger partial charge in [-0.1, -0.05) is 0 Å². The lowest BCUT2D eigenvalue weighted by atomic mass is 10.3. The minimum Gasteiger partial charge on any atom is -0.257 e. The van der Waals surface area contributed by atoms with Crippen molar-refractivity contribution in [1.29, 1.82) is 5.26 Å². The molecule has 0 unspecified atom stereocenters. The molecule has 3 heteroatoms. The lowest BCUT2D eigenvalue weighted by Crippen LogP contribution is -1.91. The summed E-state index contributed by atoms with van der Waals surface area (Å²) in [4.78, 5) is 3.64. The third-order valence-electron chi connectivity index (χ3n) is 1.01. The molecule has 0 bridgehead atoms. The Morgan fingerprint density at radius 2 is 2.60 bits per heavy atom. The van der Waals surface area contributed by atoms with Crippen molar-refractivity contribution >= 4 is 0 Å². The van der Waals surface area contributed by atoms with Gasteiger partial charge >= 0.3 is 0 Å². The Morgan fingerprint density at radius 3 is 3.20 bits per heavy atom. The van der Waals surface area contributed by atoms with Gasteiger partial charge in [-0.25, -0.2) is 4.39 Å². The van der Waals surface area contributed by atoms with E-state index in [1.165, 1.54) is 12.3 Å². The zero-order valence-electron chi connectivity index (χ0n) is 5.13. The Labute approximate surface area is 57.9 Å². The van der Waals surface area contributed by atoms with E-state index >= 15 is 0 Å². The molecule has 0 atom stereocenters. The predicted molar refractivity (Wildman–Crippen MR) is 32.3 cm³/mol. The molecule has 0 saturated heterocycles. The monoisotopic (exact) mass is 135 g/mol. The van der Waals surface area contributed by atoms with Crippen molar-refractivity contribution in [3.8, 4) is 6.07 Å². The smallest absolute Gasteiger partial charge is 0.153 e. The van der Waals surface area contributed by atoms with Crippen LogP contribution in [0.3, 0.4) is 0 Å². The molecule has 0 N–H and O–H groups in total. The van der Waals surface area contributed by atoms with Gasteiger partial charge in [0.1, 0.15) is 0 Å². The summed E-state index contributed by atoms with van der Waals surface area (Å²) in [6.07, 6.45) is 1.42.